The molecule has 1 atom stereocenters. The number of hydrogen-bond acceptors (Lipinski definition) is 8. The van der Waals surface area contributed by atoms with Crippen molar-refractivity contribution in [1.82, 2.24) is 4.57 Å². The minimum Gasteiger partial charge on any atom is -0.496 e. The van der Waals surface area contributed by atoms with E-state index in [-0.39, 0.29) is 18.3 Å². The van der Waals surface area contributed by atoms with Gasteiger partial charge in [0, 0.05) is 17.2 Å². The van der Waals surface area contributed by atoms with E-state index in [1.54, 1.807) is 44.8 Å². The van der Waals surface area contributed by atoms with Crippen molar-refractivity contribution in [2.75, 3.05) is 20.8 Å². The molecule has 8 nitrogen and oxygen atoms in total. The van der Waals surface area contributed by atoms with Gasteiger partial charge in [-0.3, -0.25) is 9.36 Å². The molecule has 0 fully saturated rings. The number of esters is 1. The summed E-state index contributed by atoms with van der Waals surface area (Å²) in [6.07, 6.45) is 1.65. The van der Waals surface area contributed by atoms with Gasteiger partial charge in [-0.1, -0.05) is 29.5 Å². The Morgan fingerprint density at radius 2 is 1.87 bits per heavy atom. The van der Waals surface area contributed by atoms with Gasteiger partial charge in [-0.25, -0.2) is 9.79 Å². The van der Waals surface area contributed by atoms with E-state index in [0.717, 1.165) is 4.47 Å². The molecule has 38 heavy (non-hydrogen) atoms. The molecule has 0 amide bonds. The van der Waals surface area contributed by atoms with Crippen LogP contribution in [0.25, 0.3) is 6.08 Å². The minimum atomic E-state index is -0.771. The van der Waals surface area contributed by atoms with Crippen molar-refractivity contribution in [2.24, 2.45) is 4.99 Å². The molecule has 0 saturated carbocycles. The highest BCUT2D eigenvalue weighted by molar-refractivity contribution is 9.10. The molecule has 3 aromatic rings. The largest absolute Gasteiger partial charge is 0.496 e. The third-order valence-corrected chi connectivity index (χ3v) is 7.49. The number of halogens is 1. The Bertz CT molecular complexity index is 1590. The molecule has 4 rings (SSSR count). The van der Waals surface area contributed by atoms with Gasteiger partial charge >= 0.3 is 5.97 Å². The molecule has 200 valence electrons. The third-order valence-electron chi connectivity index (χ3n) is 5.88. The molecule has 1 aliphatic rings. The average molecular weight is 602 g/mol. The molecule has 0 spiro atoms. The lowest BCUT2D eigenvalue weighted by molar-refractivity contribution is -0.139. The van der Waals surface area contributed by atoms with Crippen LogP contribution in [-0.4, -0.2) is 37.5 Å². The maximum absolute atomic E-state index is 14.0. The molecule has 0 N–H and O–H groups in total. The van der Waals surface area contributed by atoms with Crippen molar-refractivity contribution in [2.45, 2.75) is 39.8 Å². The van der Waals surface area contributed by atoms with E-state index in [9.17, 15) is 9.59 Å². The SMILES string of the molecule is CCOC(=O)C1=C(C)N=c2s/c(=C/c3cc(Br)c(OC)cc3OC)c(=O)n2[C@H]1c1ccccc1OC(C)C. The second-order valence-electron chi connectivity index (χ2n) is 8.74. The lowest BCUT2D eigenvalue weighted by atomic mass is 9.95. The number of hydrogen-bond donors (Lipinski definition) is 0. The van der Waals surface area contributed by atoms with Gasteiger partial charge in [-0.05, 0) is 61.8 Å². The molecule has 10 heteroatoms. The first-order valence-electron chi connectivity index (χ1n) is 12.1. The summed E-state index contributed by atoms with van der Waals surface area (Å²) in [4.78, 5) is 32.3. The molecule has 0 saturated heterocycles. The summed E-state index contributed by atoms with van der Waals surface area (Å²) < 4.78 is 25.1. The number of rotatable bonds is 8. The van der Waals surface area contributed by atoms with E-state index in [4.69, 9.17) is 18.9 Å². The molecule has 2 aromatic carbocycles. The van der Waals surface area contributed by atoms with Gasteiger partial charge in [0.15, 0.2) is 4.80 Å². The van der Waals surface area contributed by atoms with Crippen molar-refractivity contribution >= 4 is 39.3 Å². The lowest BCUT2D eigenvalue weighted by Crippen LogP contribution is -2.40. The summed E-state index contributed by atoms with van der Waals surface area (Å²) in [6, 6.07) is 10.2. The molecule has 1 aromatic heterocycles. The normalized spacial score (nSPS) is 15.3. The quantitative estimate of drug-likeness (QED) is 0.357. The first-order chi connectivity index (χ1) is 18.2. The standard InChI is InChI=1S/C28H29BrN2O6S/c1-7-36-27(33)24-16(4)30-28-31(25(24)18-10-8-9-11-20(18)37-15(2)3)26(32)23(38-28)13-17-12-19(29)22(35-6)14-21(17)34-5/h8-15,25H,7H2,1-6H3/b23-13+/t25-/m0/s1. The molecule has 1 aliphatic heterocycles. The van der Waals surface area contributed by atoms with Crippen LogP contribution in [0.1, 0.15) is 44.9 Å². The van der Waals surface area contributed by atoms with E-state index in [0.29, 0.717) is 49.0 Å². The summed E-state index contributed by atoms with van der Waals surface area (Å²) >= 11 is 4.74. The Balaban J connectivity index is 1.99. The molecule has 0 aliphatic carbocycles. The molecule has 2 heterocycles. The van der Waals surface area contributed by atoms with Crippen LogP contribution in [0.3, 0.4) is 0 Å². The fraction of sp³-hybridized carbons (Fsp3) is 0.321. The van der Waals surface area contributed by atoms with Crippen molar-refractivity contribution in [3.05, 3.63) is 83.0 Å². The Labute approximate surface area is 233 Å². The maximum atomic E-state index is 14.0. The summed E-state index contributed by atoms with van der Waals surface area (Å²) in [5.41, 5.74) is 1.87. The fourth-order valence-electron chi connectivity index (χ4n) is 4.29. The fourth-order valence-corrected chi connectivity index (χ4v) is 5.85. The molecule has 0 bridgehead atoms. The Hall–Kier alpha value is -3.37. The third kappa shape index (κ3) is 5.28. The van der Waals surface area contributed by atoms with Crippen LogP contribution >= 0.6 is 27.3 Å². The summed E-state index contributed by atoms with van der Waals surface area (Å²) in [6.45, 7) is 7.55. The van der Waals surface area contributed by atoms with E-state index in [1.165, 1.54) is 11.3 Å². The number of methoxy groups -OCH3 is 2. The van der Waals surface area contributed by atoms with Gasteiger partial charge < -0.3 is 18.9 Å². The van der Waals surface area contributed by atoms with Gasteiger partial charge in [0.25, 0.3) is 5.56 Å². The number of ether oxygens (including phenoxy) is 4. The van der Waals surface area contributed by atoms with Crippen molar-refractivity contribution in [1.29, 1.82) is 0 Å². The highest BCUT2D eigenvalue weighted by Crippen LogP contribution is 2.36. The first-order valence-corrected chi connectivity index (χ1v) is 13.7. The number of fused-ring (bicyclic) bond motifs is 1. The first kappa shape index (κ1) is 27.7. The predicted octanol–water partition coefficient (Wildman–Crippen LogP) is 4.37. The Kier molecular flexibility index (Phi) is 8.42. The maximum Gasteiger partial charge on any atom is 0.338 e. The second-order valence-corrected chi connectivity index (χ2v) is 10.6. The number of para-hydroxylation sites is 1. The van der Waals surface area contributed by atoms with E-state index < -0.39 is 12.0 Å². The van der Waals surface area contributed by atoms with Gasteiger partial charge in [-0.2, -0.15) is 0 Å². The van der Waals surface area contributed by atoms with E-state index in [1.807, 2.05) is 44.2 Å². The average Bonchev–Trinajstić information content (AvgIpc) is 3.17. The van der Waals surface area contributed by atoms with Crippen molar-refractivity contribution in [3.63, 3.8) is 0 Å². The van der Waals surface area contributed by atoms with Crippen LogP contribution in [0, 0.1) is 0 Å². The van der Waals surface area contributed by atoms with Gasteiger partial charge in [0.2, 0.25) is 0 Å². The molecular formula is C28H29BrN2O6S. The smallest absolute Gasteiger partial charge is 0.338 e. The zero-order chi connectivity index (χ0) is 27.6. The van der Waals surface area contributed by atoms with Crippen LogP contribution in [0.15, 0.2) is 61.9 Å². The number of benzene rings is 2. The Morgan fingerprint density at radius 1 is 1.16 bits per heavy atom. The number of carbonyl (C=O) groups is 1. The van der Waals surface area contributed by atoms with E-state index >= 15 is 0 Å². The predicted molar refractivity (Wildman–Crippen MR) is 150 cm³/mol. The zero-order valence-corrected chi connectivity index (χ0v) is 24.4. The van der Waals surface area contributed by atoms with Gasteiger partial charge in [0.05, 0.1) is 47.2 Å². The minimum absolute atomic E-state index is 0.107. The van der Waals surface area contributed by atoms with Crippen LogP contribution in [0.4, 0.5) is 0 Å². The van der Waals surface area contributed by atoms with Gasteiger partial charge in [0.1, 0.15) is 23.3 Å². The topological polar surface area (TPSA) is 88.4 Å². The number of allylic oxidation sites excluding steroid dienone is 1. The number of aromatic nitrogens is 1. The van der Waals surface area contributed by atoms with Crippen LogP contribution in [-0.2, 0) is 9.53 Å². The highest BCUT2D eigenvalue weighted by atomic mass is 79.9. The summed E-state index contributed by atoms with van der Waals surface area (Å²) in [7, 11) is 3.13. The van der Waals surface area contributed by atoms with Gasteiger partial charge in [-0.15, -0.1) is 0 Å². The summed E-state index contributed by atoms with van der Waals surface area (Å²) in [5, 5.41) is 0. The Morgan fingerprint density at radius 3 is 2.53 bits per heavy atom. The second kappa shape index (κ2) is 11.6. The number of thiazole rings is 1. The molecular weight excluding hydrogens is 572 g/mol. The van der Waals surface area contributed by atoms with Crippen molar-refractivity contribution in [3.8, 4) is 17.2 Å². The van der Waals surface area contributed by atoms with E-state index in [2.05, 4.69) is 20.9 Å². The zero-order valence-electron chi connectivity index (χ0n) is 22.0. The number of carbonyl (C=O) groups excluding carboxylic acids is 1. The number of nitrogens with zero attached hydrogens (tertiary/aromatic N) is 2. The van der Waals surface area contributed by atoms with Crippen LogP contribution in [0.2, 0.25) is 0 Å². The van der Waals surface area contributed by atoms with Crippen LogP contribution < -0.4 is 29.1 Å². The summed E-state index contributed by atoms with van der Waals surface area (Å²) in [5.74, 6) is 1.22. The monoisotopic (exact) mass is 600 g/mol. The molecule has 0 radical (unpaired) electrons. The highest BCUT2D eigenvalue weighted by Gasteiger charge is 2.35. The van der Waals surface area contributed by atoms with Crippen LogP contribution in [0.5, 0.6) is 17.2 Å². The lowest BCUT2D eigenvalue weighted by Gasteiger charge is -2.26. The molecule has 0 unspecified atom stereocenters. The van der Waals surface area contributed by atoms with Crippen molar-refractivity contribution < 1.29 is 23.7 Å².